The average Bonchev–Trinajstić information content (AvgIpc) is 2.60. The van der Waals surface area contributed by atoms with Crippen LogP contribution < -0.4 is 5.32 Å². The van der Waals surface area contributed by atoms with E-state index >= 15 is 0 Å². The Hall–Kier alpha value is -1.67. The number of hydrogen-bond donors (Lipinski definition) is 2. The molecule has 1 atom stereocenters. The van der Waals surface area contributed by atoms with Gasteiger partial charge in [-0.15, -0.1) is 5.10 Å². The highest BCUT2D eigenvalue weighted by Crippen LogP contribution is 2.21. The molecule has 0 aliphatic rings. The fraction of sp³-hybridized carbons (Fsp3) is 0.667. The molecule has 0 amide bonds. The number of rotatable bonds is 7. The molecule has 0 radical (unpaired) electrons. The maximum atomic E-state index is 10.7. The fourth-order valence-electron chi connectivity index (χ4n) is 1.37. The molecular formula is C9H16N4O4. The summed E-state index contributed by atoms with van der Waals surface area (Å²) >= 11 is 0. The Morgan fingerprint density at radius 2 is 2.47 bits per heavy atom. The lowest BCUT2D eigenvalue weighted by Gasteiger charge is -2.09. The van der Waals surface area contributed by atoms with Crippen LogP contribution in [0.4, 0.5) is 11.5 Å². The number of anilines is 1. The van der Waals surface area contributed by atoms with Gasteiger partial charge in [0.15, 0.2) is 0 Å². The Morgan fingerprint density at radius 1 is 1.76 bits per heavy atom. The second-order valence-electron chi connectivity index (χ2n) is 3.62. The molecule has 1 aromatic rings. The number of nitrogens with zero attached hydrogens (tertiary/aromatic N) is 3. The van der Waals surface area contributed by atoms with Crippen LogP contribution in [0.5, 0.6) is 0 Å². The van der Waals surface area contributed by atoms with Crippen LogP contribution in [0.15, 0.2) is 6.20 Å². The number of aliphatic hydroxyl groups is 1. The molecular weight excluding hydrogens is 228 g/mol. The molecule has 0 spiro atoms. The first-order valence-electron chi connectivity index (χ1n) is 5.13. The van der Waals surface area contributed by atoms with Crippen molar-refractivity contribution in [1.29, 1.82) is 0 Å². The normalized spacial score (nSPS) is 12.4. The average molecular weight is 244 g/mol. The van der Waals surface area contributed by atoms with E-state index in [1.807, 2.05) is 0 Å². The fourth-order valence-corrected chi connectivity index (χ4v) is 1.37. The third-order valence-corrected chi connectivity index (χ3v) is 2.14. The highest BCUT2D eigenvalue weighted by atomic mass is 16.6. The predicted molar refractivity (Wildman–Crippen MR) is 60.9 cm³/mol. The van der Waals surface area contributed by atoms with Gasteiger partial charge in [-0.05, 0) is 6.42 Å². The predicted octanol–water partition coefficient (Wildman–Crippen LogP) is 0.138. The third-order valence-electron chi connectivity index (χ3n) is 2.14. The Labute approximate surface area is 98.3 Å². The van der Waals surface area contributed by atoms with Crippen molar-refractivity contribution in [2.45, 2.75) is 12.5 Å². The summed E-state index contributed by atoms with van der Waals surface area (Å²) in [4.78, 5) is 10.2. The monoisotopic (exact) mass is 244 g/mol. The Morgan fingerprint density at radius 3 is 3.06 bits per heavy atom. The van der Waals surface area contributed by atoms with E-state index in [1.54, 1.807) is 7.05 Å². The van der Waals surface area contributed by atoms with Crippen molar-refractivity contribution in [3.63, 3.8) is 0 Å². The standard InChI is InChI=1S/C9H16N4O4/c1-12-5-8(13(15)16)9(11-12)10-4-3-7(14)6-17-2/h5,7,14H,3-4,6H2,1-2H3,(H,10,11). The zero-order valence-electron chi connectivity index (χ0n) is 9.79. The van der Waals surface area contributed by atoms with Gasteiger partial charge in [0.25, 0.3) is 0 Å². The maximum absolute atomic E-state index is 10.7. The van der Waals surface area contributed by atoms with Crippen LogP contribution in [0, 0.1) is 10.1 Å². The molecule has 8 nitrogen and oxygen atoms in total. The van der Waals surface area contributed by atoms with Crippen molar-refractivity contribution in [3.8, 4) is 0 Å². The van der Waals surface area contributed by atoms with Gasteiger partial charge in [0.1, 0.15) is 6.20 Å². The lowest BCUT2D eigenvalue weighted by atomic mass is 10.2. The lowest BCUT2D eigenvalue weighted by molar-refractivity contribution is -0.384. The second-order valence-corrected chi connectivity index (χ2v) is 3.62. The van der Waals surface area contributed by atoms with E-state index in [2.05, 4.69) is 10.4 Å². The van der Waals surface area contributed by atoms with Crippen molar-refractivity contribution in [2.75, 3.05) is 25.6 Å². The summed E-state index contributed by atoms with van der Waals surface area (Å²) in [7, 11) is 3.11. The number of aliphatic hydroxyl groups excluding tert-OH is 1. The summed E-state index contributed by atoms with van der Waals surface area (Å²) in [5.41, 5.74) is -0.0752. The molecule has 1 rings (SSSR count). The van der Waals surface area contributed by atoms with Crippen LogP contribution in [-0.4, -0.2) is 46.2 Å². The summed E-state index contributed by atoms with van der Waals surface area (Å²) in [5, 5.41) is 26.8. The number of methoxy groups -OCH3 is 1. The molecule has 8 heteroatoms. The first-order chi connectivity index (χ1) is 8.04. The van der Waals surface area contributed by atoms with Gasteiger partial charge in [-0.1, -0.05) is 0 Å². The van der Waals surface area contributed by atoms with E-state index in [4.69, 9.17) is 4.74 Å². The van der Waals surface area contributed by atoms with Gasteiger partial charge >= 0.3 is 5.69 Å². The van der Waals surface area contributed by atoms with E-state index in [9.17, 15) is 15.2 Å². The van der Waals surface area contributed by atoms with Gasteiger partial charge in [0.2, 0.25) is 5.82 Å². The molecule has 0 aliphatic heterocycles. The molecule has 0 aromatic carbocycles. The SMILES string of the molecule is COCC(O)CCNc1nn(C)cc1[N+](=O)[O-]. The molecule has 1 aromatic heterocycles. The second kappa shape index (κ2) is 6.16. The van der Waals surface area contributed by atoms with E-state index in [-0.39, 0.29) is 18.1 Å². The lowest BCUT2D eigenvalue weighted by Crippen LogP contribution is -2.18. The molecule has 0 bridgehead atoms. The topological polar surface area (TPSA) is 102 Å². The molecule has 1 heterocycles. The van der Waals surface area contributed by atoms with Crippen molar-refractivity contribution >= 4 is 11.5 Å². The van der Waals surface area contributed by atoms with Crippen LogP contribution in [0.2, 0.25) is 0 Å². The van der Waals surface area contributed by atoms with E-state index in [0.717, 1.165) is 0 Å². The molecule has 0 saturated carbocycles. The minimum Gasteiger partial charge on any atom is -0.391 e. The Balaban J connectivity index is 2.49. The number of hydrogen-bond acceptors (Lipinski definition) is 6. The van der Waals surface area contributed by atoms with Gasteiger partial charge < -0.3 is 15.2 Å². The van der Waals surface area contributed by atoms with E-state index in [0.29, 0.717) is 13.0 Å². The van der Waals surface area contributed by atoms with Crippen molar-refractivity contribution < 1.29 is 14.8 Å². The largest absolute Gasteiger partial charge is 0.391 e. The van der Waals surface area contributed by atoms with Crippen molar-refractivity contribution in [1.82, 2.24) is 9.78 Å². The van der Waals surface area contributed by atoms with Gasteiger partial charge in [-0.2, -0.15) is 0 Å². The summed E-state index contributed by atoms with van der Waals surface area (Å²) in [6.45, 7) is 0.633. The Kier molecular flexibility index (Phi) is 4.85. The zero-order valence-corrected chi connectivity index (χ0v) is 9.79. The van der Waals surface area contributed by atoms with E-state index < -0.39 is 11.0 Å². The van der Waals surface area contributed by atoms with Gasteiger partial charge in [0, 0.05) is 20.7 Å². The number of aryl methyl sites for hydroxylation is 1. The minimum atomic E-state index is -0.588. The van der Waals surface area contributed by atoms with Gasteiger partial charge in [-0.3, -0.25) is 14.8 Å². The summed E-state index contributed by atoms with van der Waals surface area (Å²) in [6, 6.07) is 0. The number of aromatic nitrogens is 2. The summed E-state index contributed by atoms with van der Waals surface area (Å²) in [5.74, 6) is 0.210. The highest BCUT2D eigenvalue weighted by molar-refractivity contribution is 5.54. The number of nitrogens with one attached hydrogen (secondary N) is 1. The quantitative estimate of drug-likeness (QED) is 0.522. The molecule has 0 fully saturated rings. The first-order valence-corrected chi connectivity index (χ1v) is 5.13. The molecule has 1 unspecified atom stereocenters. The van der Waals surface area contributed by atoms with Gasteiger partial charge in [0.05, 0.1) is 17.6 Å². The van der Waals surface area contributed by atoms with Gasteiger partial charge in [-0.25, -0.2) is 0 Å². The first kappa shape index (κ1) is 13.4. The Bertz CT molecular complexity index is 379. The minimum absolute atomic E-state index is 0.0752. The van der Waals surface area contributed by atoms with Crippen LogP contribution >= 0.6 is 0 Å². The molecule has 96 valence electrons. The third kappa shape index (κ3) is 4.00. The number of ether oxygens (including phenoxy) is 1. The summed E-state index contributed by atoms with van der Waals surface area (Å²) in [6.07, 6.45) is 1.17. The molecule has 0 aliphatic carbocycles. The smallest absolute Gasteiger partial charge is 0.330 e. The van der Waals surface area contributed by atoms with Crippen molar-refractivity contribution in [3.05, 3.63) is 16.3 Å². The van der Waals surface area contributed by atoms with Crippen LogP contribution in [-0.2, 0) is 11.8 Å². The number of nitro groups is 1. The van der Waals surface area contributed by atoms with Crippen molar-refractivity contribution in [2.24, 2.45) is 7.05 Å². The molecule has 0 saturated heterocycles. The maximum Gasteiger partial charge on any atom is 0.330 e. The summed E-state index contributed by atoms with van der Waals surface area (Å²) < 4.78 is 6.13. The highest BCUT2D eigenvalue weighted by Gasteiger charge is 2.17. The van der Waals surface area contributed by atoms with E-state index in [1.165, 1.54) is 18.0 Å². The molecule has 17 heavy (non-hydrogen) atoms. The zero-order chi connectivity index (χ0) is 12.8. The van der Waals surface area contributed by atoms with Crippen LogP contribution in [0.3, 0.4) is 0 Å². The van der Waals surface area contributed by atoms with Crippen LogP contribution in [0.1, 0.15) is 6.42 Å². The molecule has 2 N–H and O–H groups in total. The van der Waals surface area contributed by atoms with Crippen LogP contribution in [0.25, 0.3) is 0 Å².